The van der Waals surface area contributed by atoms with Gasteiger partial charge in [-0.15, -0.1) is 0 Å². The first kappa shape index (κ1) is 20.3. The van der Waals surface area contributed by atoms with E-state index in [1.54, 1.807) is 0 Å². The smallest absolute Gasteiger partial charge is 0.226 e. The second-order valence-electron chi connectivity index (χ2n) is 7.71. The fourth-order valence-electron chi connectivity index (χ4n) is 3.47. The molecule has 1 atom stereocenters. The lowest BCUT2D eigenvalue weighted by atomic mass is 9.93. The van der Waals surface area contributed by atoms with Gasteiger partial charge in [0.05, 0.1) is 18.9 Å². The van der Waals surface area contributed by atoms with Crippen molar-refractivity contribution in [1.29, 1.82) is 0 Å². The molecule has 2 amide bonds. The van der Waals surface area contributed by atoms with Crippen LogP contribution < -0.4 is 10.1 Å². The van der Waals surface area contributed by atoms with Crippen LogP contribution in [-0.2, 0) is 9.59 Å². The Morgan fingerprint density at radius 2 is 2.00 bits per heavy atom. The van der Waals surface area contributed by atoms with E-state index in [0.717, 1.165) is 38.0 Å². The molecule has 1 fully saturated rings. The van der Waals surface area contributed by atoms with Crippen molar-refractivity contribution in [2.75, 3.05) is 19.7 Å². The van der Waals surface area contributed by atoms with Gasteiger partial charge in [0.25, 0.3) is 0 Å². The Kier molecular flexibility index (Phi) is 7.49. The van der Waals surface area contributed by atoms with Crippen molar-refractivity contribution >= 4 is 11.8 Å². The molecule has 0 aliphatic carbocycles. The molecule has 5 nitrogen and oxygen atoms in total. The van der Waals surface area contributed by atoms with Crippen LogP contribution in [0, 0.1) is 5.92 Å². The zero-order valence-electron chi connectivity index (χ0n) is 16.3. The highest BCUT2D eigenvalue weighted by Gasteiger charge is 2.30. The van der Waals surface area contributed by atoms with Crippen LogP contribution in [0.3, 0.4) is 0 Å². The highest BCUT2D eigenvalue weighted by Crippen LogP contribution is 2.20. The van der Waals surface area contributed by atoms with Crippen LogP contribution in [-0.4, -0.2) is 41.9 Å². The maximum atomic E-state index is 12.6. The van der Waals surface area contributed by atoms with Crippen LogP contribution >= 0.6 is 0 Å². The van der Waals surface area contributed by atoms with Crippen molar-refractivity contribution in [3.05, 3.63) is 30.3 Å². The fourth-order valence-corrected chi connectivity index (χ4v) is 3.47. The van der Waals surface area contributed by atoms with E-state index in [2.05, 4.69) is 26.1 Å². The van der Waals surface area contributed by atoms with E-state index in [1.165, 1.54) is 0 Å². The topological polar surface area (TPSA) is 58.6 Å². The molecule has 1 aromatic rings. The quantitative estimate of drug-likeness (QED) is 0.773. The SMILES string of the molecule is CCCC(C)(C)NC(=O)C1CCCN(C(=O)CCOc2ccccc2)C1. The van der Waals surface area contributed by atoms with Gasteiger partial charge in [-0.05, 0) is 45.2 Å². The van der Waals surface area contributed by atoms with Gasteiger partial charge < -0.3 is 15.0 Å². The third-order valence-electron chi connectivity index (χ3n) is 4.81. The number of nitrogens with zero attached hydrogens (tertiary/aromatic N) is 1. The predicted molar refractivity (Wildman–Crippen MR) is 103 cm³/mol. The van der Waals surface area contributed by atoms with Gasteiger partial charge in [-0.3, -0.25) is 9.59 Å². The molecule has 1 aliphatic rings. The number of hydrogen-bond donors (Lipinski definition) is 1. The van der Waals surface area contributed by atoms with Crippen molar-refractivity contribution in [3.8, 4) is 5.75 Å². The van der Waals surface area contributed by atoms with E-state index in [9.17, 15) is 9.59 Å². The lowest BCUT2D eigenvalue weighted by Crippen LogP contribution is -2.51. The zero-order valence-corrected chi connectivity index (χ0v) is 16.3. The van der Waals surface area contributed by atoms with Gasteiger partial charge in [0, 0.05) is 18.6 Å². The summed E-state index contributed by atoms with van der Waals surface area (Å²) in [6.45, 7) is 7.83. The van der Waals surface area contributed by atoms with Crippen LogP contribution in [0.2, 0.25) is 0 Å². The normalized spacial score (nSPS) is 17.7. The molecular weight excluding hydrogens is 328 g/mol. The first-order valence-electron chi connectivity index (χ1n) is 9.69. The third kappa shape index (κ3) is 6.36. The highest BCUT2D eigenvalue weighted by atomic mass is 16.5. The van der Waals surface area contributed by atoms with E-state index >= 15 is 0 Å². The van der Waals surface area contributed by atoms with Gasteiger partial charge in [-0.1, -0.05) is 31.5 Å². The number of carbonyl (C=O) groups excluding carboxylic acids is 2. The number of nitrogens with one attached hydrogen (secondary N) is 1. The highest BCUT2D eigenvalue weighted by molar-refractivity contribution is 5.81. The number of benzene rings is 1. The summed E-state index contributed by atoms with van der Waals surface area (Å²) in [5.41, 5.74) is -0.193. The fraction of sp³-hybridized carbons (Fsp3) is 0.619. The molecule has 2 rings (SSSR count). The molecule has 1 unspecified atom stereocenters. The van der Waals surface area contributed by atoms with Crippen LogP contribution in [0.5, 0.6) is 5.75 Å². The van der Waals surface area contributed by atoms with E-state index in [4.69, 9.17) is 4.74 Å². The number of carbonyl (C=O) groups is 2. The molecular formula is C21H32N2O3. The van der Waals surface area contributed by atoms with Crippen LogP contribution in [0.15, 0.2) is 30.3 Å². The second kappa shape index (κ2) is 9.60. The van der Waals surface area contributed by atoms with Gasteiger partial charge >= 0.3 is 0 Å². The molecule has 1 aromatic carbocycles. The average Bonchev–Trinajstić information content (AvgIpc) is 2.62. The monoisotopic (exact) mass is 360 g/mol. The minimum atomic E-state index is -0.193. The molecule has 0 saturated carbocycles. The molecule has 1 N–H and O–H groups in total. The van der Waals surface area contributed by atoms with E-state index in [0.29, 0.717) is 19.6 Å². The van der Waals surface area contributed by atoms with Gasteiger partial charge in [0.15, 0.2) is 0 Å². The summed E-state index contributed by atoms with van der Waals surface area (Å²) >= 11 is 0. The van der Waals surface area contributed by atoms with Crippen molar-refractivity contribution < 1.29 is 14.3 Å². The predicted octanol–water partition coefficient (Wildman–Crippen LogP) is 3.39. The average molecular weight is 360 g/mol. The summed E-state index contributed by atoms with van der Waals surface area (Å²) < 4.78 is 5.61. The summed E-state index contributed by atoms with van der Waals surface area (Å²) in [7, 11) is 0. The number of likely N-dealkylation sites (tertiary alicyclic amines) is 1. The van der Waals surface area contributed by atoms with Crippen LogP contribution in [0.25, 0.3) is 0 Å². The minimum absolute atomic E-state index is 0.0613. The van der Waals surface area contributed by atoms with E-state index in [1.807, 2.05) is 35.2 Å². The lowest BCUT2D eigenvalue weighted by Gasteiger charge is -2.34. The molecule has 1 aliphatic heterocycles. The lowest BCUT2D eigenvalue weighted by molar-refractivity contribution is -0.136. The van der Waals surface area contributed by atoms with Gasteiger partial charge in [-0.25, -0.2) is 0 Å². The molecule has 26 heavy (non-hydrogen) atoms. The first-order valence-corrected chi connectivity index (χ1v) is 9.69. The number of amides is 2. The molecule has 0 radical (unpaired) electrons. The Labute approximate surface area is 157 Å². The summed E-state index contributed by atoms with van der Waals surface area (Å²) in [6, 6.07) is 9.50. The summed E-state index contributed by atoms with van der Waals surface area (Å²) in [6.07, 6.45) is 4.04. The largest absolute Gasteiger partial charge is 0.493 e. The second-order valence-corrected chi connectivity index (χ2v) is 7.71. The number of ether oxygens (including phenoxy) is 1. The Morgan fingerprint density at radius 1 is 1.27 bits per heavy atom. The molecule has 5 heteroatoms. The Morgan fingerprint density at radius 3 is 2.69 bits per heavy atom. The maximum absolute atomic E-state index is 12.6. The first-order chi connectivity index (χ1) is 12.4. The van der Waals surface area contributed by atoms with Crippen molar-refractivity contribution in [2.24, 2.45) is 5.92 Å². The molecule has 1 heterocycles. The molecule has 0 bridgehead atoms. The van der Waals surface area contributed by atoms with Crippen LogP contribution in [0.4, 0.5) is 0 Å². The van der Waals surface area contributed by atoms with Crippen molar-refractivity contribution in [1.82, 2.24) is 10.2 Å². The Hall–Kier alpha value is -2.04. The number of hydrogen-bond acceptors (Lipinski definition) is 3. The minimum Gasteiger partial charge on any atom is -0.493 e. The summed E-state index contributed by atoms with van der Waals surface area (Å²) in [5.74, 6) is 0.793. The standard InChI is InChI=1S/C21H32N2O3/c1-4-13-21(2,3)22-20(25)17-9-8-14-23(16-17)19(24)12-15-26-18-10-6-5-7-11-18/h5-7,10-11,17H,4,8-9,12-16H2,1-3H3,(H,22,25). The van der Waals surface area contributed by atoms with Crippen molar-refractivity contribution in [3.63, 3.8) is 0 Å². The van der Waals surface area contributed by atoms with Crippen LogP contribution in [0.1, 0.15) is 52.9 Å². The molecule has 0 aromatic heterocycles. The van der Waals surface area contributed by atoms with Crippen molar-refractivity contribution in [2.45, 2.75) is 58.4 Å². The Balaban J connectivity index is 1.79. The van der Waals surface area contributed by atoms with E-state index < -0.39 is 0 Å². The van der Waals surface area contributed by atoms with Gasteiger partial charge in [-0.2, -0.15) is 0 Å². The summed E-state index contributed by atoms with van der Waals surface area (Å²) in [5, 5.41) is 3.15. The van der Waals surface area contributed by atoms with Gasteiger partial charge in [0.1, 0.15) is 5.75 Å². The number of para-hydroxylation sites is 1. The summed E-state index contributed by atoms with van der Waals surface area (Å²) in [4.78, 5) is 26.9. The number of rotatable bonds is 8. The zero-order chi connectivity index (χ0) is 19.0. The van der Waals surface area contributed by atoms with Gasteiger partial charge in [0.2, 0.25) is 11.8 Å². The number of piperidine rings is 1. The third-order valence-corrected chi connectivity index (χ3v) is 4.81. The molecule has 1 saturated heterocycles. The van der Waals surface area contributed by atoms with E-state index in [-0.39, 0.29) is 23.3 Å². The maximum Gasteiger partial charge on any atom is 0.226 e. The molecule has 144 valence electrons. The molecule has 0 spiro atoms. The Bertz CT molecular complexity index is 586.